The Labute approximate surface area is 87.9 Å². The Bertz CT molecular complexity index is 334. The lowest BCUT2D eigenvalue weighted by molar-refractivity contribution is -0.265. The van der Waals surface area contributed by atoms with Crippen LogP contribution in [0, 0.1) is 0 Å². The molecule has 0 atom stereocenters. The molecule has 0 aromatic carbocycles. The Hall–Kier alpha value is -1.78. The molecular formula is C10H12N3O2-. The fraction of sp³-hybridized carbons (Fsp3) is 0.400. The lowest BCUT2D eigenvalue weighted by Gasteiger charge is -2.36. The van der Waals surface area contributed by atoms with Crippen molar-refractivity contribution in [2.45, 2.75) is 0 Å². The zero-order valence-corrected chi connectivity index (χ0v) is 8.30. The number of anilines is 1. The first-order valence-corrected chi connectivity index (χ1v) is 4.89. The second-order valence-electron chi connectivity index (χ2n) is 3.43. The lowest BCUT2D eigenvalue weighted by Crippen LogP contribution is -2.52. The second-order valence-corrected chi connectivity index (χ2v) is 3.43. The number of carboxylic acid groups (broad SMARTS) is 1. The summed E-state index contributed by atoms with van der Waals surface area (Å²) < 4.78 is 0. The highest BCUT2D eigenvalue weighted by molar-refractivity contribution is 5.63. The highest BCUT2D eigenvalue weighted by atomic mass is 16.4. The molecule has 1 aromatic rings. The van der Waals surface area contributed by atoms with Crippen molar-refractivity contribution in [1.82, 2.24) is 9.88 Å². The number of amides is 1. The minimum absolute atomic E-state index is 0.485. The SMILES string of the molecule is O=C([O-])N1CCN(c2ccccn2)CC1. The third kappa shape index (κ3) is 2.18. The zero-order valence-electron chi connectivity index (χ0n) is 8.30. The molecule has 0 saturated carbocycles. The van der Waals surface area contributed by atoms with Crippen LogP contribution in [0.15, 0.2) is 24.4 Å². The average Bonchev–Trinajstić information content (AvgIpc) is 2.30. The molecule has 1 aliphatic rings. The van der Waals surface area contributed by atoms with Crippen LogP contribution in [-0.2, 0) is 0 Å². The van der Waals surface area contributed by atoms with Gasteiger partial charge in [0.1, 0.15) is 11.9 Å². The van der Waals surface area contributed by atoms with Gasteiger partial charge in [0.05, 0.1) is 0 Å². The molecule has 0 N–H and O–H groups in total. The molecule has 0 unspecified atom stereocenters. The minimum atomic E-state index is -1.09. The van der Waals surface area contributed by atoms with E-state index in [-0.39, 0.29) is 0 Å². The third-order valence-corrected chi connectivity index (χ3v) is 2.51. The molecule has 0 aliphatic carbocycles. The van der Waals surface area contributed by atoms with E-state index < -0.39 is 6.09 Å². The van der Waals surface area contributed by atoms with Crippen molar-refractivity contribution in [3.05, 3.63) is 24.4 Å². The highest BCUT2D eigenvalue weighted by Crippen LogP contribution is 2.11. The van der Waals surface area contributed by atoms with E-state index in [1.165, 1.54) is 4.90 Å². The van der Waals surface area contributed by atoms with E-state index >= 15 is 0 Å². The van der Waals surface area contributed by atoms with Crippen molar-refractivity contribution in [2.24, 2.45) is 0 Å². The quantitative estimate of drug-likeness (QED) is 0.624. The summed E-state index contributed by atoms with van der Waals surface area (Å²) in [6.07, 6.45) is 0.649. The molecule has 1 fully saturated rings. The standard InChI is InChI=1S/C10H13N3O2/c14-10(15)13-7-5-12(6-8-13)9-3-1-2-4-11-9/h1-4H,5-8H2,(H,14,15)/p-1. The number of carbonyl (C=O) groups excluding carboxylic acids is 1. The number of hydrogen-bond acceptors (Lipinski definition) is 4. The molecule has 1 saturated heterocycles. The Morgan fingerprint density at radius 1 is 1.27 bits per heavy atom. The normalized spacial score (nSPS) is 16.5. The van der Waals surface area contributed by atoms with Gasteiger partial charge >= 0.3 is 0 Å². The van der Waals surface area contributed by atoms with Gasteiger partial charge in [0, 0.05) is 32.4 Å². The average molecular weight is 206 g/mol. The zero-order chi connectivity index (χ0) is 10.7. The number of carbonyl (C=O) groups is 1. The molecule has 0 radical (unpaired) electrons. The molecular weight excluding hydrogens is 194 g/mol. The van der Waals surface area contributed by atoms with E-state index in [0.717, 1.165) is 5.82 Å². The summed E-state index contributed by atoms with van der Waals surface area (Å²) in [5.41, 5.74) is 0. The highest BCUT2D eigenvalue weighted by Gasteiger charge is 2.16. The van der Waals surface area contributed by atoms with Crippen molar-refractivity contribution >= 4 is 11.9 Å². The van der Waals surface area contributed by atoms with Crippen molar-refractivity contribution < 1.29 is 9.90 Å². The topological polar surface area (TPSA) is 59.5 Å². The largest absolute Gasteiger partial charge is 0.530 e. The summed E-state index contributed by atoms with van der Waals surface area (Å²) in [4.78, 5) is 18.2. The van der Waals surface area contributed by atoms with Gasteiger partial charge in [-0.3, -0.25) is 0 Å². The van der Waals surface area contributed by atoms with E-state index in [2.05, 4.69) is 9.88 Å². The summed E-state index contributed by atoms with van der Waals surface area (Å²) in [5.74, 6) is 0.899. The molecule has 1 aromatic heterocycles. The van der Waals surface area contributed by atoms with Gasteiger partial charge in [-0.2, -0.15) is 0 Å². The molecule has 5 heteroatoms. The van der Waals surface area contributed by atoms with Gasteiger partial charge in [0.25, 0.3) is 0 Å². The summed E-state index contributed by atoms with van der Waals surface area (Å²) in [6.45, 7) is 2.31. The van der Waals surface area contributed by atoms with Gasteiger partial charge in [0.15, 0.2) is 0 Å². The fourth-order valence-corrected chi connectivity index (χ4v) is 1.66. The van der Waals surface area contributed by atoms with Crippen molar-refractivity contribution in [1.29, 1.82) is 0 Å². The van der Waals surface area contributed by atoms with E-state index in [0.29, 0.717) is 26.2 Å². The maximum Gasteiger partial charge on any atom is 0.137 e. The van der Waals surface area contributed by atoms with E-state index in [1.54, 1.807) is 6.20 Å². The summed E-state index contributed by atoms with van der Waals surface area (Å²) in [5, 5.41) is 10.6. The third-order valence-electron chi connectivity index (χ3n) is 2.51. The van der Waals surface area contributed by atoms with Crippen LogP contribution in [0.5, 0.6) is 0 Å². The van der Waals surface area contributed by atoms with Gasteiger partial charge in [-0.15, -0.1) is 0 Å². The predicted molar refractivity (Wildman–Crippen MR) is 53.4 cm³/mol. The molecule has 0 bridgehead atoms. The van der Waals surface area contributed by atoms with Crippen LogP contribution in [0.25, 0.3) is 0 Å². The van der Waals surface area contributed by atoms with E-state index in [1.807, 2.05) is 18.2 Å². The Morgan fingerprint density at radius 2 is 2.00 bits per heavy atom. The molecule has 80 valence electrons. The second kappa shape index (κ2) is 4.16. The molecule has 2 rings (SSSR count). The van der Waals surface area contributed by atoms with Crippen LogP contribution < -0.4 is 10.0 Å². The number of hydrogen-bond donors (Lipinski definition) is 0. The maximum atomic E-state index is 10.6. The summed E-state index contributed by atoms with van der Waals surface area (Å²) in [7, 11) is 0. The van der Waals surface area contributed by atoms with Gasteiger partial charge in [-0.05, 0) is 12.1 Å². The van der Waals surface area contributed by atoms with Gasteiger partial charge in [-0.25, -0.2) is 4.98 Å². The van der Waals surface area contributed by atoms with Crippen molar-refractivity contribution in [3.63, 3.8) is 0 Å². The van der Waals surface area contributed by atoms with Crippen LogP contribution in [-0.4, -0.2) is 42.2 Å². The van der Waals surface area contributed by atoms with Crippen LogP contribution >= 0.6 is 0 Å². The summed E-state index contributed by atoms with van der Waals surface area (Å²) >= 11 is 0. The van der Waals surface area contributed by atoms with E-state index in [4.69, 9.17) is 0 Å². The smallest absolute Gasteiger partial charge is 0.137 e. The Balaban J connectivity index is 1.97. The Kier molecular flexibility index (Phi) is 2.71. The van der Waals surface area contributed by atoms with Gasteiger partial charge < -0.3 is 19.7 Å². The number of aromatic nitrogens is 1. The van der Waals surface area contributed by atoms with E-state index in [9.17, 15) is 9.90 Å². The number of piperazine rings is 1. The Morgan fingerprint density at radius 3 is 2.53 bits per heavy atom. The maximum absolute atomic E-state index is 10.6. The molecule has 15 heavy (non-hydrogen) atoms. The number of pyridine rings is 1. The first kappa shape index (κ1) is 9.76. The monoisotopic (exact) mass is 206 g/mol. The molecule has 1 aliphatic heterocycles. The van der Waals surface area contributed by atoms with Gasteiger partial charge in [-0.1, -0.05) is 6.07 Å². The molecule has 1 amide bonds. The predicted octanol–water partition coefficient (Wildman–Crippen LogP) is -0.453. The molecule has 0 spiro atoms. The van der Waals surface area contributed by atoms with Crippen LogP contribution in [0.4, 0.5) is 10.6 Å². The number of nitrogens with zero attached hydrogens (tertiary/aromatic N) is 3. The fourth-order valence-electron chi connectivity index (χ4n) is 1.66. The number of rotatable bonds is 1. The first-order chi connectivity index (χ1) is 7.27. The summed E-state index contributed by atoms with van der Waals surface area (Å²) in [6, 6.07) is 5.71. The van der Waals surface area contributed by atoms with Crippen molar-refractivity contribution in [3.8, 4) is 0 Å². The van der Waals surface area contributed by atoms with Crippen molar-refractivity contribution in [2.75, 3.05) is 31.1 Å². The lowest BCUT2D eigenvalue weighted by atomic mass is 10.3. The minimum Gasteiger partial charge on any atom is -0.530 e. The van der Waals surface area contributed by atoms with Gasteiger partial charge in [0.2, 0.25) is 0 Å². The van der Waals surface area contributed by atoms with Crippen LogP contribution in [0.2, 0.25) is 0 Å². The van der Waals surface area contributed by atoms with Crippen LogP contribution in [0.1, 0.15) is 0 Å². The molecule has 2 heterocycles. The molecule has 5 nitrogen and oxygen atoms in total. The van der Waals surface area contributed by atoms with Crippen LogP contribution in [0.3, 0.4) is 0 Å². The first-order valence-electron chi connectivity index (χ1n) is 4.89.